The van der Waals surface area contributed by atoms with E-state index in [0.29, 0.717) is 13.1 Å². The van der Waals surface area contributed by atoms with E-state index in [4.69, 9.17) is 10.5 Å². The van der Waals surface area contributed by atoms with Crippen molar-refractivity contribution in [3.8, 4) is 0 Å². The number of likely N-dealkylation sites (N-methyl/N-ethyl adjacent to an activating group) is 1. The maximum absolute atomic E-state index is 11.9. The molecule has 0 saturated carbocycles. The SMILES string of the molecule is COCC(O)CN(C)C(=O)c1cn(CCN)nn1. The molecule has 3 N–H and O–H groups in total. The van der Waals surface area contributed by atoms with Gasteiger partial charge in [0.1, 0.15) is 0 Å². The lowest BCUT2D eigenvalue weighted by Crippen LogP contribution is -2.36. The minimum Gasteiger partial charge on any atom is -0.389 e. The number of rotatable bonds is 7. The number of hydrogen-bond acceptors (Lipinski definition) is 6. The Balaban J connectivity index is 2.56. The van der Waals surface area contributed by atoms with Crippen molar-refractivity contribution in [3.05, 3.63) is 11.9 Å². The van der Waals surface area contributed by atoms with Gasteiger partial charge in [-0.2, -0.15) is 0 Å². The Morgan fingerprint density at radius 3 is 3.06 bits per heavy atom. The van der Waals surface area contributed by atoms with Crippen molar-refractivity contribution in [3.63, 3.8) is 0 Å². The minimum absolute atomic E-state index is 0.177. The van der Waals surface area contributed by atoms with E-state index in [1.807, 2.05) is 0 Å². The standard InChI is InChI=1S/C10H19N5O3/c1-14(5-8(16)7-18-2)10(17)9-6-15(4-3-11)13-12-9/h6,8,16H,3-5,7,11H2,1-2H3. The zero-order valence-corrected chi connectivity index (χ0v) is 10.6. The van der Waals surface area contributed by atoms with Crippen LogP contribution in [0.4, 0.5) is 0 Å². The van der Waals surface area contributed by atoms with Crippen LogP contribution < -0.4 is 5.73 Å². The Kier molecular flexibility index (Phi) is 5.69. The van der Waals surface area contributed by atoms with Gasteiger partial charge in [-0.3, -0.25) is 9.48 Å². The summed E-state index contributed by atoms with van der Waals surface area (Å²) >= 11 is 0. The van der Waals surface area contributed by atoms with Crippen molar-refractivity contribution in [2.24, 2.45) is 5.73 Å². The van der Waals surface area contributed by atoms with Crippen molar-refractivity contribution in [1.29, 1.82) is 0 Å². The van der Waals surface area contributed by atoms with Gasteiger partial charge in [0.25, 0.3) is 5.91 Å². The van der Waals surface area contributed by atoms with Gasteiger partial charge in [0.05, 0.1) is 25.5 Å². The van der Waals surface area contributed by atoms with Crippen LogP contribution in [0.1, 0.15) is 10.5 Å². The van der Waals surface area contributed by atoms with Gasteiger partial charge in [0.2, 0.25) is 0 Å². The minimum atomic E-state index is -0.719. The first-order chi connectivity index (χ1) is 8.58. The quantitative estimate of drug-likeness (QED) is 0.604. The number of aliphatic hydroxyl groups excluding tert-OH is 1. The lowest BCUT2D eigenvalue weighted by Gasteiger charge is -2.19. The number of aliphatic hydroxyl groups is 1. The number of nitrogens with zero attached hydrogens (tertiary/aromatic N) is 4. The van der Waals surface area contributed by atoms with Gasteiger partial charge in [-0.15, -0.1) is 5.10 Å². The molecule has 0 saturated heterocycles. The second kappa shape index (κ2) is 7.04. The highest BCUT2D eigenvalue weighted by atomic mass is 16.5. The highest BCUT2D eigenvalue weighted by Gasteiger charge is 2.18. The number of carbonyl (C=O) groups excluding carboxylic acids is 1. The van der Waals surface area contributed by atoms with E-state index in [0.717, 1.165) is 0 Å². The highest BCUT2D eigenvalue weighted by Crippen LogP contribution is 2.00. The molecule has 0 aromatic carbocycles. The number of amides is 1. The second-order valence-electron chi connectivity index (χ2n) is 3.95. The summed E-state index contributed by atoms with van der Waals surface area (Å²) < 4.78 is 6.30. The molecule has 1 aromatic heterocycles. The molecule has 0 fully saturated rings. The second-order valence-corrected chi connectivity index (χ2v) is 3.95. The number of nitrogens with two attached hydrogens (primary N) is 1. The average molecular weight is 257 g/mol. The van der Waals surface area contributed by atoms with Gasteiger partial charge in [-0.25, -0.2) is 0 Å². The summed E-state index contributed by atoms with van der Waals surface area (Å²) in [7, 11) is 3.08. The Morgan fingerprint density at radius 2 is 2.44 bits per heavy atom. The van der Waals surface area contributed by atoms with Crippen LogP contribution in [0.25, 0.3) is 0 Å². The molecule has 0 aliphatic heterocycles. The van der Waals surface area contributed by atoms with Gasteiger partial charge in [0, 0.05) is 27.2 Å². The van der Waals surface area contributed by atoms with Crippen molar-refractivity contribution < 1.29 is 14.6 Å². The third kappa shape index (κ3) is 4.06. The van der Waals surface area contributed by atoms with Crippen LogP contribution in [0.15, 0.2) is 6.20 Å². The van der Waals surface area contributed by atoms with E-state index in [1.165, 1.54) is 22.9 Å². The molecule has 102 valence electrons. The summed E-state index contributed by atoms with van der Waals surface area (Å²) in [6.07, 6.45) is 0.817. The third-order valence-corrected chi connectivity index (χ3v) is 2.31. The first-order valence-electron chi connectivity index (χ1n) is 5.61. The van der Waals surface area contributed by atoms with Gasteiger partial charge in [0.15, 0.2) is 5.69 Å². The van der Waals surface area contributed by atoms with Gasteiger partial charge >= 0.3 is 0 Å². The Labute approximate surface area is 105 Å². The van der Waals surface area contributed by atoms with Crippen LogP contribution in [0, 0.1) is 0 Å². The number of carbonyl (C=O) groups is 1. The molecule has 1 unspecified atom stereocenters. The molecule has 8 heteroatoms. The van der Waals surface area contributed by atoms with Crippen LogP contribution in [0.5, 0.6) is 0 Å². The monoisotopic (exact) mass is 257 g/mol. The van der Waals surface area contributed by atoms with E-state index in [-0.39, 0.29) is 24.8 Å². The Hall–Kier alpha value is -1.51. The van der Waals surface area contributed by atoms with Crippen molar-refractivity contribution in [2.75, 3.05) is 33.9 Å². The van der Waals surface area contributed by atoms with Gasteiger partial charge in [-0.05, 0) is 0 Å². The first kappa shape index (κ1) is 14.6. The molecule has 18 heavy (non-hydrogen) atoms. The normalized spacial score (nSPS) is 12.4. The molecular weight excluding hydrogens is 238 g/mol. The summed E-state index contributed by atoms with van der Waals surface area (Å²) in [5, 5.41) is 17.1. The Morgan fingerprint density at radius 1 is 1.72 bits per heavy atom. The topological polar surface area (TPSA) is 106 Å². The van der Waals surface area contributed by atoms with Crippen LogP contribution >= 0.6 is 0 Å². The smallest absolute Gasteiger partial charge is 0.275 e. The molecule has 1 rings (SSSR count). The lowest BCUT2D eigenvalue weighted by atomic mass is 10.3. The van der Waals surface area contributed by atoms with Crippen molar-refractivity contribution in [2.45, 2.75) is 12.6 Å². The van der Waals surface area contributed by atoms with E-state index in [9.17, 15) is 9.90 Å². The highest BCUT2D eigenvalue weighted by molar-refractivity contribution is 5.91. The number of hydrogen-bond donors (Lipinski definition) is 2. The molecule has 0 bridgehead atoms. The van der Waals surface area contributed by atoms with Crippen LogP contribution in [0.2, 0.25) is 0 Å². The molecule has 0 radical (unpaired) electrons. The predicted molar refractivity (Wildman–Crippen MR) is 63.9 cm³/mol. The summed E-state index contributed by atoms with van der Waals surface area (Å²) in [4.78, 5) is 13.3. The lowest BCUT2D eigenvalue weighted by molar-refractivity contribution is 0.0378. The van der Waals surface area contributed by atoms with Crippen molar-refractivity contribution in [1.82, 2.24) is 19.9 Å². The average Bonchev–Trinajstić information content (AvgIpc) is 2.77. The first-order valence-corrected chi connectivity index (χ1v) is 5.61. The van der Waals surface area contributed by atoms with E-state index >= 15 is 0 Å². The van der Waals surface area contributed by atoms with Crippen LogP contribution in [-0.4, -0.2) is 70.9 Å². The molecule has 0 aliphatic rings. The molecule has 1 amide bonds. The van der Waals surface area contributed by atoms with E-state index < -0.39 is 6.10 Å². The zero-order valence-electron chi connectivity index (χ0n) is 10.6. The molecule has 0 aliphatic carbocycles. The summed E-state index contributed by atoms with van der Waals surface area (Å²) in [6.45, 7) is 1.30. The number of aromatic nitrogens is 3. The van der Waals surface area contributed by atoms with Gasteiger partial charge in [-0.1, -0.05) is 5.21 Å². The zero-order chi connectivity index (χ0) is 13.5. The summed E-state index contributed by atoms with van der Waals surface area (Å²) in [5.74, 6) is -0.298. The third-order valence-electron chi connectivity index (χ3n) is 2.31. The number of methoxy groups -OCH3 is 1. The Bertz CT molecular complexity index is 381. The van der Waals surface area contributed by atoms with Gasteiger partial charge < -0.3 is 20.5 Å². The van der Waals surface area contributed by atoms with E-state index in [2.05, 4.69) is 10.3 Å². The maximum Gasteiger partial charge on any atom is 0.275 e. The maximum atomic E-state index is 11.9. The fraction of sp³-hybridized carbons (Fsp3) is 0.700. The molecular formula is C10H19N5O3. The van der Waals surface area contributed by atoms with Crippen LogP contribution in [-0.2, 0) is 11.3 Å². The summed E-state index contributed by atoms with van der Waals surface area (Å²) in [5.41, 5.74) is 5.61. The molecule has 1 heterocycles. The number of ether oxygens (including phenoxy) is 1. The largest absolute Gasteiger partial charge is 0.389 e. The molecule has 1 aromatic rings. The molecule has 8 nitrogen and oxygen atoms in total. The predicted octanol–water partition coefficient (Wildman–Crippen LogP) is -1.68. The molecule has 0 spiro atoms. The fourth-order valence-electron chi connectivity index (χ4n) is 1.48. The fourth-order valence-corrected chi connectivity index (χ4v) is 1.48. The van der Waals surface area contributed by atoms with Crippen molar-refractivity contribution >= 4 is 5.91 Å². The van der Waals surface area contributed by atoms with Crippen LogP contribution in [0.3, 0.4) is 0 Å². The van der Waals surface area contributed by atoms with E-state index in [1.54, 1.807) is 7.05 Å². The summed E-state index contributed by atoms with van der Waals surface area (Å²) in [6, 6.07) is 0. The molecule has 1 atom stereocenters.